The van der Waals surface area contributed by atoms with E-state index in [-0.39, 0.29) is 5.78 Å². The molecule has 0 atom stereocenters. The number of H-pyrrole nitrogens is 1. The summed E-state index contributed by atoms with van der Waals surface area (Å²) in [4.78, 5) is 18.7. The molecule has 1 aromatic carbocycles. The van der Waals surface area contributed by atoms with Crippen LogP contribution in [-0.2, 0) is 6.54 Å². The van der Waals surface area contributed by atoms with Gasteiger partial charge in [0.15, 0.2) is 5.78 Å². The van der Waals surface area contributed by atoms with Crippen LogP contribution in [0.3, 0.4) is 0 Å². The Morgan fingerprint density at radius 1 is 1.29 bits per heavy atom. The highest BCUT2D eigenvalue weighted by Gasteiger charge is 2.14. The van der Waals surface area contributed by atoms with Crippen LogP contribution in [0.15, 0.2) is 42.6 Å². The van der Waals surface area contributed by atoms with Crippen molar-refractivity contribution >= 4 is 39.6 Å². The van der Waals surface area contributed by atoms with Gasteiger partial charge in [-0.3, -0.25) is 9.69 Å². The first-order valence-corrected chi connectivity index (χ1v) is 7.85. The average Bonchev–Trinajstić information content (AvgIpc) is 3.04. The van der Waals surface area contributed by atoms with Crippen LogP contribution in [0, 0.1) is 0 Å². The smallest absolute Gasteiger partial charge is 0.178 e. The van der Waals surface area contributed by atoms with Crippen molar-refractivity contribution in [3.8, 4) is 0 Å². The van der Waals surface area contributed by atoms with E-state index in [1.54, 1.807) is 17.5 Å². The monoisotopic (exact) mass is 318 g/mol. The van der Waals surface area contributed by atoms with Gasteiger partial charge >= 0.3 is 0 Å². The molecule has 0 fully saturated rings. The molecule has 0 saturated heterocycles. The van der Waals surface area contributed by atoms with Gasteiger partial charge in [-0.1, -0.05) is 29.8 Å². The molecule has 2 heterocycles. The summed E-state index contributed by atoms with van der Waals surface area (Å²) in [5.74, 6) is 0.123. The van der Waals surface area contributed by atoms with Gasteiger partial charge in [-0.25, -0.2) is 0 Å². The number of hydrogen-bond donors (Lipinski definition) is 1. The van der Waals surface area contributed by atoms with Crippen LogP contribution in [0.25, 0.3) is 10.9 Å². The molecule has 108 valence electrons. The molecule has 1 N–H and O–H groups in total. The van der Waals surface area contributed by atoms with Crippen molar-refractivity contribution in [1.29, 1.82) is 0 Å². The second-order valence-corrected chi connectivity index (χ2v) is 6.85. The maximum atomic E-state index is 12.4. The van der Waals surface area contributed by atoms with Gasteiger partial charge in [-0.05, 0) is 25.2 Å². The Bertz CT molecular complexity index is 777. The summed E-state index contributed by atoms with van der Waals surface area (Å²) in [6, 6.07) is 11.7. The molecule has 0 unspecified atom stereocenters. The third kappa shape index (κ3) is 3.18. The van der Waals surface area contributed by atoms with Gasteiger partial charge in [0.2, 0.25) is 0 Å². The Balaban J connectivity index is 1.71. The Labute approximate surface area is 132 Å². The third-order valence-electron chi connectivity index (χ3n) is 3.36. The molecule has 2 aromatic heterocycles. The highest BCUT2D eigenvalue weighted by atomic mass is 35.5. The fraction of sp³-hybridized carbons (Fsp3) is 0.188. The number of fused-ring (bicyclic) bond motifs is 1. The molecular weight excluding hydrogens is 304 g/mol. The number of carbonyl (C=O) groups excluding carboxylic acids is 1. The Morgan fingerprint density at radius 3 is 2.86 bits per heavy atom. The minimum absolute atomic E-state index is 0.123. The van der Waals surface area contributed by atoms with E-state index in [9.17, 15) is 4.79 Å². The summed E-state index contributed by atoms with van der Waals surface area (Å²) >= 11 is 7.47. The number of halogens is 1. The lowest BCUT2D eigenvalue weighted by Crippen LogP contribution is -2.25. The van der Waals surface area contributed by atoms with Crippen molar-refractivity contribution in [3.63, 3.8) is 0 Å². The third-order valence-corrected chi connectivity index (χ3v) is 4.57. The minimum Gasteiger partial charge on any atom is -0.360 e. The first-order chi connectivity index (χ1) is 10.1. The van der Waals surface area contributed by atoms with Gasteiger partial charge < -0.3 is 4.98 Å². The van der Waals surface area contributed by atoms with E-state index in [1.807, 2.05) is 48.3 Å². The molecule has 0 amide bonds. The molecule has 21 heavy (non-hydrogen) atoms. The molecular formula is C16H15ClN2OS. The van der Waals surface area contributed by atoms with E-state index >= 15 is 0 Å². The number of nitrogens with one attached hydrogen (secondary N) is 1. The Hall–Kier alpha value is -1.62. The number of nitrogens with zero attached hydrogens (tertiary/aromatic N) is 1. The van der Waals surface area contributed by atoms with Crippen LogP contribution in [0.4, 0.5) is 0 Å². The summed E-state index contributed by atoms with van der Waals surface area (Å²) in [6.45, 7) is 1.11. The lowest BCUT2D eigenvalue weighted by Gasteiger charge is -2.14. The maximum Gasteiger partial charge on any atom is 0.178 e. The molecule has 3 rings (SSSR count). The number of aromatic nitrogens is 1. The van der Waals surface area contributed by atoms with Gasteiger partial charge in [0.1, 0.15) is 0 Å². The standard InChI is InChI=1S/C16H15ClN2OS/c1-19(9-11-6-7-16(17)21-11)10-15(20)13-8-18-14-5-3-2-4-12(13)14/h2-8,18H,9-10H2,1H3. The van der Waals surface area contributed by atoms with Gasteiger partial charge in [0.25, 0.3) is 0 Å². The van der Waals surface area contributed by atoms with E-state index in [4.69, 9.17) is 11.6 Å². The number of rotatable bonds is 5. The van der Waals surface area contributed by atoms with E-state index in [2.05, 4.69) is 4.98 Å². The van der Waals surface area contributed by atoms with Gasteiger partial charge in [0.05, 0.1) is 10.9 Å². The van der Waals surface area contributed by atoms with Crippen molar-refractivity contribution in [3.05, 3.63) is 57.4 Å². The molecule has 0 spiro atoms. The zero-order chi connectivity index (χ0) is 14.8. The molecule has 0 bridgehead atoms. The summed E-state index contributed by atoms with van der Waals surface area (Å²) in [5, 5.41) is 0.982. The van der Waals surface area contributed by atoms with Crippen molar-refractivity contribution in [2.75, 3.05) is 13.6 Å². The van der Waals surface area contributed by atoms with Crippen molar-refractivity contribution in [2.24, 2.45) is 0 Å². The van der Waals surface area contributed by atoms with E-state index < -0.39 is 0 Å². The van der Waals surface area contributed by atoms with E-state index in [1.165, 1.54) is 0 Å². The highest BCUT2D eigenvalue weighted by Crippen LogP contribution is 2.23. The summed E-state index contributed by atoms with van der Waals surface area (Å²) < 4.78 is 0.779. The first-order valence-electron chi connectivity index (χ1n) is 6.65. The zero-order valence-corrected chi connectivity index (χ0v) is 13.2. The number of thiophene rings is 1. The summed E-state index contributed by atoms with van der Waals surface area (Å²) in [5.41, 5.74) is 1.75. The lowest BCUT2D eigenvalue weighted by molar-refractivity contribution is 0.0945. The zero-order valence-electron chi connectivity index (χ0n) is 11.6. The predicted octanol–water partition coefficient (Wildman–Crippen LogP) is 4.20. The number of Topliss-reactive ketones (excluding diaryl/α,β-unsaturated/α-hetero) is 1. The van der Waals surface area contributed by atoms with E-state index in [0.717, 1.165) is 32.2 Å². The second-order valence-electron chi connectivity index (χ2n) is 5.05. The SMILES string of the molecule is CN(CC(=O)c1c[nH]c2ccccc12)Cc1ccc(Cl)s1. The number of hydrogen-bond acceptors (Lipinski definition) is 3. The summed E-state index contributed by atoms with van der Waals surface area (Å²) in [7, 11) is 1.94. The van der Waals surface area contributed by atoms with Crippen LogP contribution in [-0.4, -0.2) is 29.3 Å². The van der Waals surface area contributed by atoms with Crippen LogP contribution in [0.5, 0.6) is 0 Å². The molecule has 0 aliphatic carbocycles. The quantitative estimate of drug-likeness (QED) is 0.716. The number of carbonyl (C=O) groups is 1. The molecule has 5 heteroatoms. The van der Waals surface area contributed by atoms with Crippen molar-refractivity contribution in [2.45, 2.75) is 6.54 Å². The topological polar surface area (TPSA) is 36.1 Å². The maximum absolute atomic E-state index is 12.4. The normalized spacial score (nSPS) is 11.4. The number of benzene rings is 1. The van der Waals surface area contributed by atoms with Crippen LogP contribution in [0.1, 0.15) is 15.2 Å². The fourth-order valence-corrected chi connectivity index (χ4v) is 3.56. The van der Waals surface area contributed by atoms with Gasteiger partial charge in [-0.15, -0.1) is 11.3 Å². The Morgan fingerprint density at radius 2 is 2.10 bits per heavy atom. The van der Waals surface area contributed by atoms with Crippen LogP contribution < -0.4 is 0 Å². The fourth-order valence-electron chi connectivity index (χ4n) is 2.39. The first kappa shape index (κ1) is 14.3. The van der Waals surface area contributed by atoms with Crippen LogP contribution in [0.2, 0.25) is 4.34 Å². The minimum atomic E-state index is 0.123. The number of likely N-dealkylation sites (N-methyl/N-ethyl adjacent to an activating group) is 1. The second kappa shape index (κ2) is 6.02. The largest absolute Gasteiger partial charge is 0.360 e. The molecule has 3 aromatic rings. The average molecular weight is 319 g/mol. The lowest BCUT2D eigenvalue weighted by atomic mass is 10.1. The van der Waals surface area contributed by atoms with Crippen molar-refractivity contribution in [1.82, 2.24) is 9.88 Å². The predicted molar refractivity (Wildman–Crippen MR) is 88.3 cm³/mol. The molecule has 3 nitrogen and oxygen atoms in total. The van der Waals surface area contributed by atoms with Crippen molar-refractivity contribution < 1.29 is 4.79 Å². The van der Waals surface area contributed by atoms with E-state index in [0.29, 0.717) is 6.54 Å². The molecule has 0 radical (unpaired) electrons. The van der Waals surface area contributed by atoms with Gasteiger partial charge in [0, 0.05) is 34.1 Å². The van der Waals surface area contributed by atoms with Crippen LogP contribution >= 0.6 is 22.9 Å². The molecule has 0 aliphatic heterocycles. The summed E-state index contributed by atoms with van der Waals surface area (Å²) in [6.07, 6.45) is 1.79. The number of ketones is 1. The Kier molecular flexibility index (Phi) is 4.10. The molecule has 0 aliphatic rings. The number of para-hydroxylation sites is 1. The highest BCUT2D eigenvalue weighted by molar-refractivity contribution is 7.16. The molecule has 0 saturated carbocycles. The number of aromatic amines is 1. The van der Waals surface area contributed by atoms with Gasteiger partial charge in [-0.2, -0.15) is 0 Å².